The van der Waals surface area contributed by atoms with Crippen LogP contribution in [0.3, 0.4) is 0 Å². The van der Waals surface area contributed by atoms with Crippen molar-refractivity contribution in [3.05, 3.63) is 63.4 Å². The molecule has 5 rings (SSSR count). The minimum absolute atomic E-state index is 0.0484. The van der Waals surface area contributed by atoms with Gasteiger partial charge in [-0.15, -0.1) is 0 Å². The summed E-state index contributed by atoms with van der Waals surface area (Å²) >= 11 is 12.3. The molecule has 9 heteroatoms. The molecule has 6 nitrogen and oxygen atoms in total. The van der Waals surface area contributed by atoms with Crippen LogP contribution in [0.5, 0.6) is 0 Å². The molecular formula is C22H20Cl2FN3O3. The highest BCUT2D eigenvalue weighted by Gasteiger charge is 2.69. The van der Waals surface area contributed by atoms with Gasteiger partial charge in [-0.3, -0.25) is 14.5 Å². The molecule has 2 fully saturated rings. The fraction of sp³-hybridized carbons (Fsp3) is 0.364. The summed E-state index contributed by atoms with van der Waals surface area (Å²) < 4.78 is 20.7. The van der Waals surface area contributed by atoms with Gasteiger partial charge in [-0.05, 0) is 23.8 Å². The highest BCUT2D eigenvalue weighted by Crippen LogP contribution is 2.60. The lowest BCUT2D eigenvalue weighted by atomic mass is 9.71. The van der Waals surface area contributed by atoms with Gasteiger partial charge < -0.3 is 15.4 Å². The molecule has 3 aliphatic heterocycles. The van der Waals surface area contributed by atoms with Crippen molar-refractivity contribution in [1.29, 1.82) is 0 Å². The van der Waals surface area contributed by atoms with E-state index >= 15 is 4.39 Å². The Bertz CT molecular complexity index is 1100. The number of methoxy groups -OCH3 is 1. The van der Waals surface area contributed by atoms with Crippen molar-refractivity contribution in [2.75, 3.05) is 32.1 Å². The smallest absolute Gasteiger partial charge is 0.250 e. The number of fused-ring (bicyclic) bond motifs is 3. The van der Waals surface area contributed by atoms with Crippen molar-refractivity contribution >= 4 is 40.7 Å². The molecule has 31 heavy (non-hydrogen) atoms. The zero-order chi connectivity index (χ0) is 21.9. The van der Waals surface area contributed by atoms with Crippen LogP contribution in [0, 0.1) is 11.7 Å². The molecule has 4 atom stereocenters. The minimum Gasteiger partial charge on any atom is -0.383 e. The van der Waals surface area contributed by atoms with E-state index in [-0.39, 0.29) is 28.4 Å². The van der Waals surface area contributed by atoms with Crippen LogP contribution in [0.15, 0.2) is 36.4 Å². The number of hydrogen-bond donors (Lipinski definition) is 2. The summed E-state index contributed by atoms with van der Waals surface area (Å²) in [6.07, 6.45) is 0. The van der Waals surface area contributed by atoms with Crippen molar-refractivity contribution in [1.82, 2.24) is 10.2 Å². The number of benzene rings is 2. The first-order valence-electron chi connectivity index (χ1n) is 10.00. The van der Waals surface area contributed by atoms with Crippen LogP contribution in [0.4, 0.5) is 10.1 Å². The van der Waals surface area contributed by atoms with Crippen LogP contribution < -0.4 is 10.6 Å². The molecule has 0 aromatic heterocycles. The van der Waals surface area contributed by atoms with Crippen LogP contribution in [0.25, 0.3) is 0 Å². The third-order valence-electron chi connectivity index (χ3n) is 6.70. The normalized spacial score (nSPS) is 29.2. The topological polar surface area (TPSA) is 70.7 Å². The summed E-state index contributed by atoms with van der Waals surface area (Å²) in [4.78, 5) is 28.7. The first kappa shape index (κ1) is 20.7. The van der Waals surface area contributed by atoms with Crippen molar-refractivity contribution in [3.8, 4) is 0 Å². The third-order valence-corrected chi connectivity index (χ3v) is 7.23. The maximum absolute atomic E-state index is 15.4. The second-order valence-corrected chi connectivity index (χ2v) is 8.90. The van der Waals surface area contributed by atoms with Crippen LogP contribution in [-0.4, -0.2) is 49.6 Å². The number of likely N-dealkylation sites (tertiary alicyclic amines) is 1. The lowest BCUT2D eigenvalue weighted by molar-refractivity contribution is -0.128. The molecule has 0 saturated carbocycles. The molecule has 3 aliphatic rings. The molecule has 0 aliphatic carbocycles. The van der Waals surface area contributed by atoms with Gasteiger partial charge in [0.05, 0.1) is 17.5 Å². The number of ether oxygens (including phenoxy) is 1. The molecule has 1 spiro atoms. The van der Waals surface area contributed by atoms with Crippen LogP contribution in [0.1, 0.15) is 17.0 Å². The maximum atomic E-state index is 15.4. The summed E-state index contributed by atoms with van der Waals surface area (Å²) in [6.45, 7) is 1.10. The fourth-order valence-corrected chi connectivity index (χ4v) is 5.95. The standard InChI is InChI=1S/C22H20Cl2FN3O3/c1-31-8-7-28-16-10-26-20(29)17(16)18(12-3-2-4-14(24)19(12)25)22(28)13-6-5-11(23)9-15(13)27-21(22)30/h2-6,9,16-18H,7-8,10H2,1H3,(H,26,29)(H,27,30)/t16-,17+,18-,22+/m0/s1. The van der Waals surface area contributed by atoms with Gasteiger partial charge in [-0.25, -0.2) is 4.39 Å². The summed E-state index contributed by atoms with van der Waals surface area (Å²) in [5.41, 5.74) is 0.187. The zero-order valence-corrected chi connectivity index (χ0v) is 18.1. The van der Waals surface area contributed by atoms with E-state index in [4.69, 9.17) is 27.9 Å². The molecule has 2 amide bonds. The van der Waals surface area contributed by atoms with E-state index < -0.39 is 23.2 Å². The number of nitrogens with zero attached hydrogens (tertiary/aromatic N) is 1. The molecular weight excluding hydrogens is 444 g/mol. The Labute approximate surface area is 188 Å². The second-order valence-electron chi connectivity index (χ2n) is 8.06. The molecule has 3 heterocycles. The predicted molar refractivity (Wildman–Crippen MR) is 115 cm³/mol. The van der Waals surface area contributed by atoms with Gasteiger partial charge in [-0.1, -0.05) is 41.4 Å². The Balaban J connectivity index is 1.81. The monoisotopic (exact) mass is 463 g/mol. The minimum atomic E-state index is -1.29. The van der Waals surface area contributed by atoms with Gasteiger partial charge >= 0.3 is 0 Å². The number of anilines is 1. The number of amides is 2. The van der Waals surface area contributed by atoms with Crippen molar-refractivity contribution < 1.29 is 18.7 Å². The lowest BCUT2D eigenvalue weighted by Crippen LogP contribution is -2.54. The van der Waals surface area contributed by atoms with Gasteiger partial charge in [-0.2, -0.15) is 0 Å². The summed E-state index contributed by atoms with van der Waals surface area (Å²) in [5.74, 6) is -2.54. The largest absolute Gasteiger partial charge is 0.383 e. The van der Waals surface area contributed by atoms with Gasteiger partial charge in [0, 0.05) is 48.4 Å². The Morgan fingerprint density at radius 3 is 2.84 bits per heavy atom. The fourth-order valence-electron chi connectivity index (χ4n) is 5.60. The highest BCUT2D eigenvalue weighted by atomic mass is 35.5. The van der Waals surface area contributed by atoms with E-state index in [1.165, 1.54) is 6.07 Å². The van der Waals surface area contributed by atoms with E-state index in [1.807, 2.05) is 4.90 Å². The predicted octanol–water partition coefficient (Wildman–Crippen LogP) is 3.14. The first-order chi connectivity index (χ1) is 14.9. The van der Waals surface area contributed by atoms with E-state index in [2.05, 4.69) is 10.6 Å². The number of halogens is 3. The van der Waals surface area contributed by atoms with E-state index in [1.54, 1.807) is 37.4 Å². The Morgan fingerprint density at radius 2 is 2.06 bits per heavy atom. The van der Waals surface area contributed by atoms with Crippen LogP contribution in [0.2, 0.25) is 10.0 Å². The Hall–Kier alpha value is -2.19. The molecule has 2 saturated heterocycles. The summed E-state index contributed by atoms with van der Waals surface area (Å²) in [7, 11) is 1.58. The van der Waals surface area contributed by atoms with Crippen LogP contribution in [-0.2, 0) is 19.9 Å². The Morgan fingerprint density at radius 1 is 1.26 bits per heavy atom. The van der Waals surface area contributed by atoms with Crippen molar-refractivity contribution in [2.24, 2.45) is 5.92 Å². The van der Waals surface area contributed by atoms with E-state index in [9.17, 15) is 9.59 Å². The lowest BCUT2D eigenvalue weighted by Gasteiger charge is -2.40. The number of rotatable bonds is 4. The van der Waals surface area contributed by atoms with Crippen molar-refractivity contribution in [2.45, 2.75) is 17.5 Å². The molecule has 0 unspecified atom stereocenters. The summed E-state index contributed by atoms with van der Waals surface area (Å²) in [5, 5.41) is 6.23. The number of carbonyl (C=O) groups excluding carboxylic acids is 2. The van der Waals surface area contributed by atoms with Gasteiger partial charge in [0.15, 0.2) is 0 Å². The SMILES string of the molecule is COCCN1[C@H]2CNC(=O)[C@H]2[C@H](c2cccc(Cl)c2F)[C@]12C(=O)Nc1cc(Cl)ccc12. The second kappa shape index (κ2) is 7.45. The van der Waals surface area contributed by atoms with Gasteiger partial charge in [0.25, 0.3) is 0 Å². The average Bonchev–Trinajstić information content (AvgIpc) is 3.34. The quantitative estimate of drug-likeness (QED) is 0.730. The van der Waals surface area contributed by atoms with E-state index in [0.717, 1.165) is 0 Å². The number of carbonyl (C=O) groups is 2. The van der Waals surface area contributed by atoms with Gasteiger partial charge in [0.2, 0.25) is 11.8 Å². The summed E-state index contributed by atoms with van der Waals surface area (Å²) in [6, 6.07) is 9.57. The van der Waals surface area contributed by atoms with Crippen LogP contribution >= 0.6 is 23.2 Å². The third kappa shape index (κ3) is 2.77. The molecule has 0 bridgehead atoms. The molecule has 162 valence electrons. The molecule has 0 radical (unpaired) electrons. The first-order valence-corrected chi connectivity index (χ1v) is 10.8. The number of nitrogens with one attached hydrogen (secondary N) is 2. The van der Waals surface area contributed by atoms with Crippen molar-refractivity contribution in [3.63, 3.8) is 0 Å². The van der Waals surface area contributed by atoms with Gasteiger partial charge in [0.1, 0.15) is 11.4 Å². The molecule has 2 aromatic rings. The zero-order valence-electron chi connectivity index (χ0n) is 16.6. The molecule has 2 aromatic carbocycles. The average molecular weight is 464 g/mol. The highest BCUT2D eigenvalue weighted by molar-refractivity contribution is 6.31. The molecule has 2 N–H and O–H groups in total. The van der Waals surface area contributed by atoms with E-state index in [0.29, 0.717) is 36.0 Å². The maximum Gasteiger partial charge on any atom is 0.250 e. The Kier molecular flexibility index (Phi) is 4.97. The number of hydrogen-bond acceptors (Lipinski definition) is 4.